The molecular formula is C14H20O2. The summed E-state index contributed by atoms with van der Waals surface area (Å²) in [6, 6.07) is 7.85. The molecule has 1 aromatic carbocycles. The fraction of sp³-hybridized carbons (Fsp3) is 0.500. The van der Waals surface area contributed by atoms with E-state index >= 15 is 0 Å². The van der Waals surface area contributed by atoms with Crippen molar-refractivity contribution in [2.75, 3.05) is 0 Å². The Morgan fingerprint density at radius 3 is 2.44 bits per heavy atom. The predicted octanol–water partition coefficient (Wildman–Crippen LogP) is 3.46. The number of benzene rings is 1. The van der Waals surface area contributed by atoms with Crippen LogP contribution in [0.4, 0.5) is 0 Å². The molecule has 0 aliphatic rings. The minimum absolute atomic E-state index is 0.414. The van der Waals surface area contributed by atoms with Crippen molar-refractivity contribution in [3.05, 3.63) is 35.4 Å². The first-order valence-electron chi connectivity index (χ1n) is 5.83. The maximum atomic E-state index is 11.0. The molecule has 88 valence electrons. The van der Waals surface area contributed by atoms with E-state index in [0.717, 1.165) is 18.4 Å². The molecule has 0 bridgehead atoms. The Labute approximate surface area is 97.3 Å². The summed E-state index contributed by atoms with van der Waals surface area (Å²) < 4.78 is 0. The Hall–Kier alpha value is -1.31. The zero-order valence-electron chi connectivity index (χ0n) is 10.2. The molecule has 0 amide bonds. The molecule has 1 atom stereocenters. The highest BCUT2D eigenvalue weighted by molar-refractivity contribution is 5.76. The van der Waals surface area contributed by atoms with Gasteiger partial charge in [0.2, 0.25) is 0 Å². The Morgan fingerprint density at radius 2 is 1.88 bits per heavy atom. The van der Waals surface area contributed by atoms with Crippen molar-refractivity contribution in [2.24, 2.45) is 5.92 Å². The minimum atomic E-state index is -0.753. The highest BCUT2D eigenvalue weighted by Crippen LogP contribution is 2.22. The van der Waals surface area contributed by atoms with E-state index in [2.05, 4.69) is 13.8 Å². The lowest BCUT2D eigenvalue weighted by atomic mass is 9.92. The third-order valence-electron chi connectivity index (χ3n) is 2.88. The largest absolute Gasteiger partial charge is 0.481 e. The molecule has 0 saturated heterocycles. The molecule has 0 aromatic heterocycles. The van der Waals surface area contributed by atoms with Crippen LogP contribution in [0.2, 0.25) is 0 Å². The van der Waals surface area contributed by atoms with Gasteiger partial charge in [-0.25, -0.2) is 0 Å². The maximum Gasteiger partial charge on any atom is 0.310 e. The Kier molecular flexibility index (Phi) is 4.53. The van der Waals surface area contributed by atoms with Crippen molar-refractivity contribution >= 4 is 5.97 Å². The first-order valence-corrected chi connectivity index (χ1v) is 5.83. The molecule has 1 N–H and O–H groups in total. The average molecular weight is 220 g/mol. The van der Waals surface area contributed by atoms with Gasteiger partial charge in [0.1, 0.15) is 0 Å². The minimum Gasteiger partial charge on any atom is -0.481 e. The van der Waals surface area contributed by atoms with Gasteiger partial charge in [-0.3, -0.25) is 4.79 Å². The first-order chi connectivity index (χ1) is 7.52. The van der Waals surface area contributed by atoms with Gasteiger partial charge in [-0.2, -0.15) is 0 Å². The van der Waals surface area contributed by atoms with E-state index in [9.17, 15) is 4.79 Å². The number of hydrogen-bond acceptors (Lipinski definition) is 1. The van der Waals surface area contributed by atoms with Crippen molar-refractivity contribution < 1.29 is 9.90 Å². The van der Waals surface area contributed by atoms with Gasteiger partial charge in [-0.05, 0) is 36.8 Å². The van der Waals surface area contributed by atoms with Crippen molar-refractivity contribution in [2.45, 2.75) is 39.5 Å². The van der Waals surface area contributed by atoms with E-state index in [1.165, 1.54) is 5.56 Å². The smallest absolute Gasteiger partial charge is 0.310 e. The summed E-state index contributed by atoms with van der Waals surface area (Å²) in [5, 5.41) is 9.04. The van der Waals surface area contributed by atoms with Crippen molar-refractivity contribution in [1.82, 2.24) is 0 Å². The van der Waals surface area contributed by atoms with Crippen LogP contribution in [0, 0.1) is 5.92 Å². The van der Waals surface area contributed by atoms with Crippen LogP contribution >= 0.6 is 0 Å². The lowest BCUT2D eigenvalue weighted by Crippen LogP contribution is -2.10. The van der Waals surface area contributed by atoms with Crippen LogP contribution in [0.5, 0.6) is 0 Å². The fourth-order valence-electron chi connectivity index (χ4n) is 1.76. The molecule has 0 heterocycles. The second-order valence-electron chi connectivity index (χ2n) is 4.69. The molecule has 0 aliphatic heterocycles. The van der Waals surface area contributed by atoms with Gasteiger partial charge in [0, 0.05) is 0 Å². The molecular weight excluding hydrogens is 200 g/mol. The van der Waals surface area contributed by atoms with Crippen LogP contribution in [0.15, 0.2) is 24.3 Å². The molecule has 1 aromatic rings. The Bertz CT molecular complexity index is 356. The lowest BCUT2D eigenvalue weighted by Gasteiger charge is -2.13. The highest BCUT2D eigenvalue weighted by atomic mass is 16.4. The monoisotopic (exact) mass is 220 g/mol. The SMILES string of the molecule is CC(C)CCc1ccccc1C(C)C(=O)O. The number of rotatable bonds is 5. The number of hydrogen-bond donors (Lipinski definition) is 1. The van der Waals surface area contributed by atoms with Crippen molar-refractivity contribution in [3.63, 3.8) is 0 Å². The third-order valence-corrected chi connectivity index (χ3v) is 2.88. The van der Waals surface area contributed by atoms with Crippen molar-refractivity contribution in [3.8, 4) is 0 Å². The van der Waals surface area contributed by atoms with Gasteiger partial charge in [-0.15, -0.1) is 0 Å². The number of carboxylic acids is 1. The van der Waals surface area contributed by atoms with Gasteiger partial charge in [0.15, 0.2) is 0 Å². The highest BCUT2D eigenvalue weighted by Gasteiger charge is 2.16. The summed E-state index contributed by atoms with van der Waals surface area (Å²) in [6.07, 6.45) is 2.06. The summed E-state index contributed by atoms with van der Waals surface area (Å²) in [6.45, 7) is 6.11. The lowest BCUT2D eigenvalue weighted by molar-refractivity contribution is -0.138. The van der Waals surface area contributed by atoms with E-state index in [-0.39, 0.29) is 0 Å². The number of carboxylic acid groups (broad SMARTS) is 1. The Morgan fingerprint density at radius 1 is 1.25 bits per heavy atom. The molecule has 1 unspecified atom stereocenters. The van der Waals surface area contributed by atoms with Crippen LogP contribution in [0.25, 0.3) is 0 Å². The van der Waals surface area contributed by atoms with E-state index in [4.69, 9.17) is 5.11 Å². The normalized spacial score (nSPS) is 12.8. The van der Waals surface area contributed by atoms with E-state index < -0.39 is 11.9 Å². The standard InChI is InChI=1S/C14H20O2/c1-10(2)8-9-12-6-4-5-7-13(12)11(3)14(15)16/h4-7,10-11H,8-9H2,1-3H3,(H,15,16). The van der Waals surface area contributed by atoms with E-state index in [1.807, 2.05) is 24.3 Å². The third kappa shape index (κ3) is 3.37. The quantitative estimate of drug-likeness (QED) is 0.825. The summed E-state index contributed by atoms with van der Waals surface area (Å²) in [5.41, 5.74) is 2.13. The van der Waals surface area contributed by atoms with Gasteiger partial charge in [0.05, 0.1) is 5.92 Å². The van der Waals surface area contributed by atoms with Gasteiger partial charge >= 0.3 is 5.97 Å². The topological polar surface area (TPSA) is 37.3 Å². The predicted molar refractivity (Wildman–Crippen MR) is 65.7 cm³/mol. The molecule has 0 fully saturated rings. The van der Waals surface area contributed by atoms with Crippen LogP contribution in [0.1, 0.15) is 44.2 Å². The second-order valence-corrected chi connectivity index (χ2v) is 4.69. The van der Waals surface area contributed by atoms with Gasteiger partial charge in [-0.1, -0.05) is 38.1 Å². The van der Waals surface area contributed by atoms with Crippen molar-refractivity contribution in [1.29, 1.82) is 0 Å². The molecule has 0 aliphatic carbocycles. The molecule has 0 radical (unpaired) electrons. The van der Waals surface area contributed by atoms with E-state index in [1.54, 1.807) is 6.92 Å². The van der Waals surface area contributed by atoms with E-state index in [0.29, 0.717) is 5.92 Å². The average Bonchev–Trinajstić information content (AvgIpc) is 2.25. The Balaban J connectivity index is 2.87. The zero-order valence-corrected chi connectivity index (χ0v) is 10.2. The molecule has 1 rings (SSSR count). The van der Waals surface area contributed by atoms with Gasteiger partial charge in [0.25, 0.3) is 0 Å². The van der Waals surface area contributed by atoms with Crippen LogP contribution in [-0.4, -0.2) is 11.1 Å². The fourth-order valence-corrected chi connectivity index (χ4v) is 1.76. The number of aryl methyl sites for hydroxylation is 1. The molecule has 2 nitrogen and oxygen atoms in total. The molecule has 2 heteroatoms. The van der Waals surface area contributed by atoms with Crippen LogP contribution in [-0.2, 0) is 11.2 Å². The first kappa shape index (κ1) is 12.8. The second kappa shape index (κ2) is 5.69. The molecule has 0 saturated carbocycles. The summed E-state index contributed by atoms with van der Waals surface area (Å²) in [7, 11) is 0. The van der Waals surface area contributed by atoms with Crippen LogP contribution < -0.4 is 0 Å². The molecule has 16 heavy (non-hydrogen) atoms. The zero-order chi connectivity index (χ0) is 12.1. The number of aliphatic carboxylic acids is 1. The maximum absolute atomic E-state index is 11.0. The summed E-state index contributed by atoms with van der Waals surface area (Å²) in [5.74, 6) is -0.520. The molecule has 0 spiro atoms. The summed E-state index contributed by atoms with van der Waals surface area (Å²) >= 11 is 0. The summed E-state index contributed by atoms with van der Waals surface area (Å²) in [4.78, 5) is 11.0. The van der Waals surface area contributed by atoms with Crippen LogP contribution in [0.3, 0.4) is 0 Å². The van der Waals surface area contributed by atoms with Gasteiger partial charge < -0.3 is 5.11 Å². The number of carbonyl (C=O) groups is 1.